The molecule has 1 aromatic heterocycles. The van der Waals surface area contributed by atoms with Crippen LogP contribution in [-0.4, -0.2) is 29.7 Å². The Balaban J connectivity index is 2.12. The van der Waals surface area contributed by atoms with E-state index in [2.05, 4.69) is 5.10 Å². The quantitative estimate of drug-likeness (QED) is 0.890. The molecule has 0 radical (unpaired) electrons. The van der Waals surface area contributed by atoms with Gasteiger partial charge in [-0.1, -0.05) is 6.42 Å². The van der Waals surface area contributed by atoms with Crippen molar-refractivity contribution in [3.8, 4) is 0 Å². The summed E-state index contributed by atoms with van der Waals surface area (Å²) in [6.07, 6.45) is 6.44. The zero-order valence-electron chi connectivity index (χ0n) is 10.9. The standard InChI is InChI=1S/C12H21N3O2S/c1-15-11(6-7-14-15)12(13)9-4-3-5-10(8-9)18(2,16)17/h6-7,9-10,12H,3-5,8,13H2,1-2H3. The lowest BCUT2D eigenvalue weighted by Gasteiger charge is -2.31. The smallest absolute Gasteiger partial charge is 0.150 e. The number of hydrogen-bond donors (Lipinski definition) is 1. The normalized spacial score (nSPS) is 27.1. The van der Waals surface area contributed by atoms with E-state index >= 15 is 0 Å². The third kappa shape index (κ3) is 2.75. The minimum absolute atomic E-state index is 0.123. The van der Waals surface area contributed by atoms with Gasteiger partial charge in [0, 0.05) is 25.5 Å². The summed E-state index contributed by atoms with van der Waals surface area (Å²) in [6, 6.07) is 1.79. The van der Waals surface area contributed by atoms with Gasteiger partial charge in [0.1, 0.15) is 9.84 Å². The molecule has 0 bridgehead atoms. The number of sulfone groups is 1. The van der Waals surface area contributed by atoms with Gasteiger partial charge in [-0.3, -0.25) is 4.68 Å². The fourth-order valence-electron chi connectivity index (χ4n) is 2.85. The zero-order valence-corrected chi connectivity index (χ0v) is 11.7. The van der Waals surface area contributed by atoms with E-state index in [9.17, 15) is 8.42 Å². The van der Waals surface area contributed by atoms with Gasteiger partial charge in [0.05, 0.1) is 10.9 Å². The van der Waals surface area contributed by atoms with E-state index in [0.29, 0.717) is 6.42 Å². The van der Waals surface area contributed by atoms with Crippen molar-refractivity contribution < 1.29 is 8.42 Å². The number of nitrogens with two attached hydrogens (primary N) is 1. The summed E-state index contributed by atoms with van der Waals surface area (Å²) in [6.45, 7) is 0. The van der Waals surface area contributed by atoms with E-state index in [-0.39, 0.29) is 17.2 Å². The molecular weight excluding hydrogens is 250 g/mol. The highest BCUT2D eigenvalue weighted by atomic mass is 32.2. The van der Waals surface area contributed by atoms with E-state index in [1.54, 1.807) is 10.9 Å². The molecule has 1 aliphatic carbocycles. The van der Waals surface area contributed by atoms with Crippen LogP contribution in [0, 0.1) is 5.92 Å². The van der Waals surface area contributed by atoms with Gasteiger partial charge in [-0.15, -0.1) is 0 Å². The van der Waals surface area contributed by atoms with Crippen molar-refractivity contribution >= 4 is 9.84 Å². The van der Waals surface area contributed by atoms with Crippen LogP contribution in [0.15, 0.2) is 12.3 Å². The average Bonchev–Trinajstić information content (AvgIpc) is 2.73. The number of hydrogen-bond acceptors (Lipinski definition) is 4. The number of aromatic nitrogens is 2. The van der Waals surface area contributed by atoms with Gasteiger partial charge >= 0.3 is 0 Å². The molecule has 0 spiro atoms. The van der Waals surface area contributed by atoms with E-state index in [4.69, 9.17) is 5.73 Å². The number of nitrogens with zero attached hydrogens (tertiary/aromatic N) is 2. The van der Waals surface area contributed by atoms with Crippen molar-refractivity contribution in [1.82, 2.24) is 9.78 Å². The maximum absolute atomic E-state index is 11.6. The Morgan fingerprint density at radius 2 is 2.22 bits per heavy atom. The molecule has 102 valence electrons. The molecule has 0 amide bonds. The SMILES string of the molecule is Cn1nccc1C(N)C1CCCC(S(C)(=O)=O)C1. The molecule has 1 aromatic rings. The molecule has 1 fully saturated rings. The lowest BCUT2D eigenvalue weighted by molar-refractivity contribution is 0.301. The molecule has 5 nitrogen and oxygen atoms in total. The van der Waals surface area contributed by atoms with Gasteiger partial charge < -0.3 is 5.73 Å². The van der Waals surface area contributed by atoms with Crippen LogP contribution in [0.1, 0.15) is 37.4 Å². The minimum atomic E-state index is -2.95. The summed E-state index contributed by atoms with van der Waals surface area (Å²) in [5.41, 5.74) is 7.25. The first kappa shape index (κ1) is 13.5. The predicted molar refractivity (Wildman–Crippen MR) is 70.7 cm³/mol. The van der Waals surface area contributed by atoms with Gasteiger partial charge in [0.25, 0.3) is 0 Å². The summed E-state index contributed by atoms with van der Waals surface area (Å²) < 4.78 is 25.1. The van der Waals surface area contributed by atoms with Crippen LogP contribution in [0.5, 0.6) is 0 Å². The molecule has 3 atom stereocenters. The fraction of sp³-hybridized carbons (Fsp3) is 0.750. The molecular formula is C12H21N3O2S. The second-order valence-corrected chi connectivity index (χ2v) is 7.61. The summed E-state index contributed by atoms with van der Waals surface area (Å²) in [4.78, 5) is 0. The first-order valence-corrected chi connectivity index (χ1v) is 8.27. The second kappa shape index (κ2) is 5.01. The number of rotatable bonds is 3. The predicted octanol–water partition coefficient (Wildman–Crippen LogP) is 1.02. The molecule has 1 aliphatic rings. The van der Waals surface area contributed by atoms with Crippen LogP contribution >= 0.6 is 0 Å². The maximum Gasteiger partial charge on any atom is 0.150 e. The van der Waals surface area contributed by atoms with Crippen molar-refractivity contribution in [2.24, 2.45) is 18.7 Å². The Labute approximate surface area is 108 Å². The molecule has 0 aromatic carbocycles. The van der Waals surface area contributed by atoms with Gasteiger partial charge in [0.15, 0.2) is 0 Å². The highest BCUT2D eigenvalue weighted by Gasteiger charge is 2.33. The van der Waals surface area contributed by atoms with Crippen LogP contribution in [0.2, 0.25) is 0 Å². The highest BCUT2D eigenvalue weighted by molar-refractivity contribution is 7.91. The molecule has 18 heavy (non-hydrogen) atoms. The molecule has 2 rings (SSSR count). The van der Waals surface area contributed by atoms with Crippen LogP contribution in [-0.2, 0) is 16.9 Å². The van der Waals surface area contributed by atoms with Crippen molar-refractivity contribution in [2.45, 2.75) is 37.0 Å². The van der Waals surface area contributed by atoms with Crippen molar-refractivity contribution in [3.63, 3.8) is 0 Å². The van der Waals surface area contributed by atoms with Gasteiger partial charge in [0.2, 0.25) is 0 Å². The third-order valence-electron chi connectivity index (χ3n) is 3.98. The summed E-state index contributed by atoms with van der Waals surface area (Å²) in [7, 11) is -1.08. The van der Waals surface area contributed by atoms with Crippen molar-refractivity contribution in [2.75, 3.05) is 6.26 Å². The lowest BCUT2D eigenvalue weighted by atomic mass is 9.83. The topological polar surface area (TPSA) is 78.0 Å². The monoisotopic (exact) mass is 271 g/mol. The first-order valence-electron chi connectivity index (χ1n) is 6.32. The van der Waals surface area contributed by atoms with Crippen LogP contribution in [0.3, 0.4) is 0 Å². The third-order valence-corrected chi connectivity index (χ3v) is 5.62. The Hall–Kier alpha value is -0.880. The summed E-state index contributed by atoms with van der Waals surface area (Å²) in [5.74, 6) is 0.230. The molecule has 1 heterocycles. The molecule has 1 saturated carbocycles. The largest absolute Gasteiger partial charge is 0.322 e. The average molecular weight is 271 g/mol. The van der Waals surface area contributed by atoms with E-state index in [0.717, 1.165) is 25.0 Å². The molecule has 3 unspecified atom stereocenters. The minimum Gasteiger partial charge on any atom is -0.322 e. The first-order chi connectivity index (χ1) is 8.39. The van der Waals surface area contributed by atoms with Gasteiger partial charge in [-0.05, 0) is 31.2 Å². The lowest BCUT2D eigenvalue weighted by Crippen LogP contribution is -2.33. The summed E-state index contributed by atoms with van der Waals surface area (Å²) >= 11 is 0. The van der Waals surface area contributed by atoms with Gasteiger partial charge in [-0.25, -0.2) is 8.42 Å². The van der Waals surface area contributed by atoms with Crippen LogP contribution in [0.4, 0.5) is 0 Å². The van der Waals surface area contributed by atoms with Crippen molar-refractivity contribution in [1.29, 1.82) is 0 Å². The van der Waals surface area contributed by atoms with Crippen LogP contribution in [0.25, 0.3) is 0 Å². The maximum atomic E-state index is 11.6. The van der Waals surface area contributed by atoms with Gasteiger partial charge in [-0.2, -0.15) is 5.10 Å². The zero-order chi connectivity index (χ0) is 13.3. The molecule has 0 saturated heterocycles. The molecule has 0 aliphatic heterocycles. The second-order valence-electron chi connectivity index (χ2n) is 5.28. The Morgan fingerprint density at radius 3 is 2.78 bits per heavy atom. The van der Waals surface area contributed by atoms with E-state index < -0.39 is 9.84 Å². The van der Waals surface area contributed by atoms with E-state index in [1.165, 1.54) is 6.26 Å². The molecule has 2 N–H and O–H groups in total. The van der Waals surface area contributed by atoms with Crippen molar-refractivity contribution in [3.05, 3.63) is 18.0 Å². The summed E-state index contributed by atoms with van der Waals surface area (Å²) in [5, 5.41) is 3.89. The van der Waals surface area contributed by atoms with E-state index in [1.807, 2.05) is 13.1 Å². The Morgan fingerprint density at radius 1 is 1.50 bits per heavy atom. The fourth-order valence-corrected chi connectivity index (χ4v) is 4.04. The number of aryl methyl sites for hydroxylation is 1. The Bertz CT molecular complexity index is 509. The van der Waals surface area contributed by atoms with Crippen LogP contribution < -0.4 is 5.73 Å². The highest BCUT2D eigenvalue weighted by Crippen LogP contribution is 2.35. The molecule has 6 heteroatoms. The Kier molecular flexibility index (Phi) is 3.77.